The molecule has 0 amide bonds. The Morgan fingerprint density at radius 3 is 2.91 bits per heavy atom. The minimum absolute atomic E-state index is 0.807. The van der Waals surface area contributed by atoms with Crippen LogP contribution in [-0.2, 0) is 7.05 Å². The molecule has 0 bridgehead atoms. The first-order valence-electron chi connectivity index (χ1n) is 3.54. The van der Waals surface area contributed by atoms with Crippen LogP contribution in [0.25, 0.3) is 0 Å². The molecule has 1 aromatic heterocycles. The molecule has 60 valence electrons. The summed E-state index contributed by atoms with van der Waals surface area (Å²) in [4.78, 5) is 4.11. The lowest BCUT2D eigenvalue weighted by Gasteiger charge is -2.00. The predicted octanol–water partition coefficient (Wildman–Crippen LogP) is 0.493. The third-order valence-corrected chi connectivity index (χ3v) is 1.57. The van der Waals surface area contributed by atoms with E-state index in [4.69, 9.17) is 5.84 Å². The highest BCUT2D eigenvalue weighted by atomic mass is 15.2. The average molecular weight is 152 g/mol. The van der Waals surface area contributed by atoms with Crippen molar-refractivity contribution < 1.29 is 0 Å². The summed E-state index contributed by atoms with van der Waals surface area (Å²) in [7, 11) is 1.92. The molecular weight excluding hydrogens is 140 g/mol. The highest BCUT2D eigenvalue weighted by molar-refractivity contribution is 5.97. The summed E-state index contributed by atoms with van der Waals surface area (Å²) >= 11 is 0. The fourth-order valence-corrected chi connectivity index (χ4v) is 0.951. The number of rotatable bonds is 2. The molecule has 0 fully saturated rings. The molecule has 11 heavy (non-hydrogen) atoms. The van der Waals surface area contributed by atoms with Gasteiger partial charge >= 0.3 is 0 Å². The van der Waals surface area contributed by atoms with Gasteiger partial charge in [-0.15, -0.1) is 0 Å². The third kappa shape index (κ3) is 1.39. The van der Waals surface area contributed by atoms with Crippen LogP contribution in [0.2, 0.25) is 0 Å². The Hall–Kier alpha value is -1.32. The van der Waals surface area contributed by atoms with Crippen molar-refractivity contribution in [1.29, 1.82) is 0 Å². The van der Waals surface area contributed by atoms with Crippen LogP contribution >= 0.6 is 0 Å². The SMILES string of the molecule is CC/C(=N/N)c1nccn1C. The van der Waals surface area contributed by atoms with Crippen molar-refractivity contribution in [3.63, 3.8) is 0 Å². The minimum atomic E-state index is 0.807. The first-order chi connectivity index (χ1) is 5.29. The first kappa shape index (κ1) is 7.78. The molecule has 1 rings (SSSR count). The van der Waals surface area contributed by atoms with E-state index in [1.54, 1.807) is 6.20 Å². The summed E-state index contributed by atoms with van der Waals surface area (Å²) in [6.45, 7) is 2.00. The second-order valence-corrected chi connectivity index (χ2v) is 2.29. The second kappa shape index (κ2) is 3.18. The number of aryl methyl sites for hydroxylation is 1. The number of hydrogen-bond acceptors (Lipinski definition) is 3. The van der Waals surface area contributed by atoms with Gasteiger partial charge in [0.2, 0.25) is 0 Å². The number of imidazole rings is 1. The lowest BCUT2D eigenvalue weighted by atomic mass is 10.3. The molecule has 2 N–H and O–H groups in total. The Kier molecular flexibility index (Phi) is 2.25. The van der Waals surface area contributed by atoms with E-state index >= 15 is 0 Å². The topological polar surface area (TPSA) is 56.2 Å². The Bertz CT molecular complexity index is 261. The highest BCUT2D eigenvalue weighted by Gasteiger charge is 2.04. The molecule has 0 saturated heterocycles. The van der Waals surface area contributed by atoms with Gasteiger partial charge in [-0.05, 0) is 6.42 Å². The van der Waals surface area contributed by atoms with Crippen molar-refractivity contribution in [2.75, 3.05) is 0 Å². The van der Waals surface area contributed by atoms with Crippen molar-refractivity contribution in [3.8, 4) is 0 Å². The number of aromatic nitrogens is 2. The Morgan fingerprint density at radius 2 is 2.55 bits per heavy atom. The fraction of sp³-hybridized carbons (Fsp3) is 0.429. The normalized spacial score (nSPS) is 12.0. The van der Waals surface area contributed by atoms with Crippen LogP contribution in [0.4, 0.5) is 0 Å². The third-order valence-electron chi connectivity index (χ3n) is 1.57. The van der Waals surface area contributed by atoms with E-state index in [-0.39, 0.29) is 0 Å². The molecule has 1 heterocycles. The Labute approximate surface area is 65.7 Å². The number of nitrogens with zero attached hydrogens (tertiary/aromatic N) is 3. The molecule has 0 aliphatic rings. The monoisotopic (exact) mass is 152 g/mol. The molecular formula is C7H12N4. The maximum Gasteiger partial charge on any atom is 0.155 e. The predicted molar refractivity (Wildman–Crippen MR) is 44.2 cm³/mol. The van der Waals surface area contributed by atoms with Crippen molar-refractivity contribution >= 4 is 5.71 Å². The molecule has 0 saturated carbocycles. The summed E-state index contributed by atoms with van der Waals surface area (Å²) in [5, 5.41) is 3.64. The summed E-state index contributed by atoms with van der Waals surface area (Å²) < 4.78 is 1.90. The zero-order valence-electron chi connectivity index (χ0n) is 6.78. The van der Waals surface area contributed by atoms with Crippen LogP contribution < -0.4 is 5.84 Å². The zero-order chi connectivity index (χ0) is 8.27. The van der Waals surface area contributed by atoms with Crippen molar-refractivity contribution in [2.24, 2.45) is 18.0 Å². The zero-order valence-corrected chi connectivity index (χ0v) is 6.78. The molecule has 0 unspecified atom stereocenters. The smallest absolute Gasteiger partial charge is 0.155 e. The van der Waals surface area contributed by atoms with Crippen molar-refractivity contribution in [3.05, 3.63) is 18.2 Å². The maximum atomic E-state index is 5.18. The second-order valence-electron chi connectivity index (χ2n) is 2.29. The van der Waals surface area contributed by atoms with E-state index in [1.165, 1.54) is 0 Å². The van der Waals surface area contributed by atoms with Crippen LogP contribution in [0, 0.1) is 0 Å². The van der Waals surface area contributed by atoms with E-state index in [0.29, 0.717) is 0 Å². The molecule has 0 spiro atoms. The van der Waals surface area contributed by atoms with Gasteiger partial charge in [0.15, 0.2) is 5.82 Å². The van der Waals surface area contributed by atoms with Crippen LogP contribution in [0.5, 0.6) is 0 Å². The van der Waals surface area contributed by atoms with Gasteiger partial charge in [-0.2, -0.15) is 5.10 Å². The van der Waals surface area contributed by atoms with Crippen LogP contribution in [0.1, 0.15) is 19.2 Å². The van der Waals surface area contributed by atoms with Gasteiger partial charge in [0.05, 0.1) is 0 Å². The number of hydrazone groups is 1. The summed E-state index contributed by atoms with van der Waals surface area (Å²) in [6.07, 6.45) is 4.41. The van der Waals surface area contributed by atoms with Gasteiger partial charge in [0.1, 0.15) is 5.71 Å². The lowest BCUT2D eigenvalue weighted by molar-refractivity contribution is 0.888. The van der Waals surface area contributed by atoms with Gasteiger partial charge in [-0.25, -0.2) is 4.98 Å². The molecule has 4 nitrogen and oxygen atoms in total. The van der Waals surface area contributed by atoms with Gasteiger partial charge < -0.3 is 10.4 Å². The van der Waals surface area contributed by atoms with Crippen LogP contribution in [0.3, 0.4) is 0 Å². The Morgan fingerprint density at radius 1 is 1.82 bits per heavy atom. The molecule has 0 aliphatic carbocycles. The van der Waals surface area contributed by atoms with Gasteiger partial charge in [0, 0.05) is 19.4 Å². The summed E-state index contributed by atoms with van der Waals surface area (Å²) in [5.41, 5.74) is 0.831. The van der Waals surface area contributed by atoms with Crippen molar-refractivity contribution in [2.45, 2.75) is 13.3 Å². The summed E-state index contributed by atoms with van der Waals surface area (Å²) in [5.74, 6) is 6.02. The largest absolute Gasteiger partial charge is 0.333 e. The minimum Gasteiger partial charge on any atom is -0.333 e. The number of nitrogens with two attached hydrogens (primary N) is 1. The van der Waals surface area contributed by atoms with Gasteiger partial charge in [-0.3, -0.25) is 0 Å². The maximum absolute atomic E-state index is 5.18. The fourth-order valence-electron chi connectivity index (χ4n) is 0.951. The van der Waals surface area contributed by atoms with Gasteiger partial charge in [0.25, 0.3) is 0 Å². The Balaban J connectivity index is 3.00. The molecule has 0 atom stereocenters. The molecule has 1 aromatic rings. The van der Waals surface area contributed by atoms with E-state index in [0.717, 1.165) is 18.0 Å². The van der Waals surface area contributed by atoms with E-state index < -0.39 is 0 Å². The number of hydrogen-bond donors (Lipinski definition) is 1. The van der Waals surface area contributed by atoms with Crippen LogP contribution in [-0.4, -0.2) is 15.3 Å². The first-order valence-corrected chi connectivity index (χ1v) is 3.54. The molecule has 0 aliphatic heterocycles. The van der Waals surface area contributed by atoms with E-state index in [9.17, 15) is 0 Å². The van der Waals surface area contributed by atoms with Crippen molar-refractivity contribution in [1.82, 2.24) is 9.55 Å². The lowest BCUT2D eigenvalue weighted by Crippen LogP contribution is -2.09. The molecule has 0 aromatic carbocycles. The average Bonchev–Trinajstić information content (AvgIpc) is 2.40. The van der Waals surface area contributed by atoms with Gasteiger partial charge in [-0.1, -0.05) is 6.92 Å². The summed E-state index contributed by atoms with van der Waals surface area (Å²) in [6, 6.07) is 0. The van der Waals surface area contributed by atoms with E-state index in [1.807, 2.05) is 24.7 Å². The van der Waals surface area contributed by atoms with E-state index in [2.05, 4.69) is 10.1 Å². The van der Waals surface area contributed by atoms with Crippen LogP contribution in [0.15, 0.2) is 17.5 Å². The molecule has 4 heteroatoms. The molecule has 0 radical (unpaired) electrons. The quantitative estimate of drug-likeness (QED) is 0.381. The highest BCUT2D eigenvalue weighted by Crippen LogP contribution is 1.99. The standard InChI is InChI=1S/C7H12N4/c1-3-6(10-8)7-9-4-5-11(7)2/h4-5H,3,8H2,1-2H3/b10-6-.